The minimum Gasteiger partial charge on any atom is -0.342 e. The summed E-state index contributed by atoms with van der Waals surface area (Å²) in [5.74, 6) is 4.61. The Hall–Kier alpha value is -4.12. The zero-order valence-corrected chi connectivity index (χ0v) is 17.7. The van der Waals surface area contributed by atoms with E-state index in [1.54, 1.807) is 74.4 Å². The van der Waals surface area contributed by atoms with Crippen LogP contribution in [0, 0.1) is 0 Å². The van der Waals surface area contributed by atoms with Crippen molar-refractivity contribution in [3.8, 4) is 34.9 Å². The van der Waals surface area contributed by atoms with Gasteiger partial charge in [0.25, 0.3) is 0 Å². The summed E-state index contributed by atoms with van der Waals surface area (Å²) >= 11 is 0. The smallest absolute Gasteiger partial charge is 0.173 e. The molecule has 0 atom stereocenters. The first kappa shape index (κ1) is 21.6. The molecule has 0 radical (unpaired) electrons. The molecule has 0 aliphatic rings. The third kappa shape index (κ3) is 5.93. The van der Waals surface area contributed by atoms with Crippen molar-refractivity contribution in [2.24, 2.45) is 0 Å². The minimum absolute atomic E-state index is 0. The van der Waals surface area contributed by atoms with Gasteiger partial charge < -0.3 is 29.9 Å². The monoisotopic (exact) mass is 504 g/mol. The number of H-pyrrole nitrogens is 6. The van der Waals surface area contributed by atoms with Gasteiger partial charge in [0, 0.05) is 93.8 Å². The maximum absolute atomic E-state index is 4.01. The van der Waals surface area contributed by atoms with E-state index < -0.39 is 0 Å². The van der Waals surface area contributed by atoms with Gasteiger partial charge in [-0.25, -0.2) is 29.9 Å². The molecule has 0 aliphatic carbocycles. The number of nitrogens with zero attached hydrogens (tertiary/aromatic N) is 6. The SMILES string of the molecule is [Ru].c1c[nH]c(-c2ncc[nH]2)n1.c1c[nH]c(-c2ncc[nH]2)n1.c1c[nH]c(-c2ncc[nH]2)n1. The summed E-state index contributed by atoms with van der Waals surface area (Å²) in [4.78, 5) is 41.7. The van der Waals surface area contributed by atoms with Crippen molar-refractivity contribution in [2.45, 2.75) is 0 Å². The van der Waals surface area contributed by atoms with Crippen LogP contribution in [0.2, 0.25) is 0 Å². The maximum atomic E-state index is 4.01. The van der Waals surface area contributed by atoms with Crippen LogP contribution in [-0.2, 0) is 19.5 Å². The second kappa shape index (κ2) is 11.2. The van der Waals surface area contributed by atoms with E-state index in [4.69, 9.17) is 0 Å². The van der Waals surface area contributed by atoms with Gasteiger partial charge >= 0.3 is 0 Å². The van der Waals surface area contributed by atoms with Crippen LogP contribution in [0.3, 0.4) is 0 Å². The topological polar surface area (TPSA) is 172 Å². The Morgan fingerprint density at radius 1 is 0.323 bits per heavy atom. The molecular formula is C18H18N12Ru. The third-order valence-electron chi connectivity index (χ3n) is 3.66. The first-order chi connectivity index (χ1) is 14.9. The van der Waals surface area contributed by atoms with Crippen molar-refractivity contribution < 1.29 is 19.5 Å². The number of hydrogen-bond acceptors (Lipinski definition) is 6. The van der Waals surface area contributed by atoms with Gasteiger partial charge in [-0.1, -0.05) is 0 Å². The quantitative estimate of drug-likeness (QED) is 0.202. The molecule has 0 saturated carbocycles. The second-order valence-electron chi connectivity index (χ2n) is 5.63. The number of aromatic nitrogens is 12. The van der Waals surface area contributed by atoms with Gasteiger partial charge in [-0.3, -0.25) is 0 Å². The molecule has 0 aliphatic heterocycles. The van der Waals surface area contributed by atoms with E-state index in [0.717, 1.165) is 34.9 Å². The van der Waals surface area contributed by atoms with Crippen LogP contribution < -0.4 is 0 Å². The predicted octanol–water partition coefficient (Wildman–Crippen LogP) is 2.40. The fraction of sp³-hybridized carbons (Fsp3) is 0. The Morgan fingerprint density at radius 3 is 0.581 bits per heavy atom. The van der Waals surface area contributed by atoms with Gasteiger partial charge in [-0.05, 0) is 0 Å². The summed E-state index contributed by atoms with van der Waals surface area (Å²) in [5, 5.41) is 0. The normalized spacial score (nSPS) is 9.68. The number of rotatable bonds is 3. The van der Waals surface area contributed by atoms with E-state index >= 15 is 0 Å². The van der Waals surface area contributed by atoms with Crippen LogP contribution in [0.1, 0.15) is 0 Å². The van der Waals surface area contributed by atoms with Gasteiger partial charge in [0.15, 0.2) is 34.9 Å². The molecule has 6 N–H and O–H groups in total. The average Bonchev–Trinajstić information content (AvgIpc) is 3.66. The Bertz CT molecular complexity index is 907. The van der Waals surface area contributed by atoms with Crippen LogP contribution in [0.25, 0.3) is 34.9 Å². The number of aromatic amines is 6. The summed E-state index contributed by atoms with van der Waals surface area (Å²) in [6.07, 6.45) is 20.7. The van der Waals surface area contributed by atoms with Crippen LogP contribution in [0.15, 0.2) is 74.4 Å². The van der Waals surface area contributed by atoms with E-state index in [-0.39, 0.29) is 19.5 Å². The predicted molar refractivity (Wildman–Crippen MR) is 109 cm³/mol. The molecule has 0 aromatic carbocycles. The van der Waals surface area contributed by atoms with Gasteiger partial charge in [0.1, 0.15) is 0 Å². The standard InChI is InChI=1S/3C6H6N4.Ru/c3*1-2-8-5(7-1)6-9-3-4-10-6;/h3*1-4H,(H,7,8)(H,9,10);. The van der Waals surface area contributed by atoms with E-state index in [1.807, 2.05) is 0 Å². The molecule has 6 rings (SSSR count). The fourth-order valence-electron chi connectivity index (χ4n) is 2.37. The molecule has 0 amide bonds. The van der Waals surface area contributed by atoms with E-state index in [2.05, 4.69) is 59.8 Å². The Morgan fingerprint density at radius 2 is 0.484 bits per heavy atom. The second-order valence-corrected chi connectivity index (χ2v) is 5.63. The van der Waals surface area contributed by atoms with Crippen LogP contribution >= 0.6 is 0 Å². The molecule has 0 unspecified atom stereocenters. The summed E-state index contributed by atoms with van der Waals surface area (Å²) in [7, 11) is 0. The van der Waals surface area contributed by atoms with Crippen molar-refractivity contribution in [1.29, 1.82) is 0 Å². The molecule has 0 saturated heterocycles. The van der Waals surface area contributed by atoms with Crippen LogP contribution in [0.5, 0.6) is 0 Å². The van der Waals surface area contributed by atoms with E-state index in [1.165, 1.54) is 0 Å². The van der Waals surface area contributed by atoms with Crippen molar-refractivity contribution in [3.63, 3.8) is 0 Å². The van der Waals surface area contributed by atoms with Crippen molar-refractivity contribution in [3.05, 3.63) is 74.4 Å². The molecule has 0 bridgehead atoms. The van der Waals surface area contributed by atoms with Crippen molar-refractivity contribution in [1.82, 2.24) is 59.8 Å². The summed E-state index contributed by atoms with van der Waals surface area (Å²) in [5.41, 5.74) is 0. The summed E-state index contributed by atoms with van der Waals surface area (Å²) in [6, 6.07) is 0. The van der Waals surface area contributed by atoms with E-state index in [0.29, 0.717) is 0 Å². The molecule has 0 fully saturated rings. The van der Waals surface area contributed by atoms with Crippen LogP contribution in [0.4, 0.5) is 0 Å². The third-order valence-corrected chi connectivity index (χ3v) is 3.66. The molecular weight excluding hydrogens is 485 g/mol. The molecule has 6 heterocycles. The number of imidazole rings is 6. The molecule has 0 spiro atoms. The fourth-order valence-corrected chi connectivity index (χ4v) is 2.37. The van der Waals surface area contributed by atoms with Gasteiger partial charge in [-0.2, -0.15) is 0 Å². The summed E-state index contributed by atoms with van der Waals surface area (Å²) in [6.45, 7) is 0. The molecule has 12 nitrogen and oxygen atoms in total. The first-order valence-corrected chi connectivity index (χ1v) is 8.87. The molecule has 31 heavy (non-hydrogen) atoms. The van der Waals surface area contributed by atoms with Gasteiger partial charge in [0.05, 0.1) is 0 Å². The number of nitrogens with one attached hydrogen (secondary N) is 6. The van der Waals surface area contributed by atoms with Crippen molar-refractivity contribution >= 4 is 0 Å². The summed E-state index contributed by atoms with van der Waals surface area (Å²) < 4.78 is 0. The molecule has 6 aromatic heterocycles. The van der Waals surface area contributed by atoms with E-state index in [9.17, 15) is 0 Å². The Kier molecular flexibility index (Phi) is 7.78. The first-order valence-electron chi connectivity index (χ1n) is 8.87. The number of hydrogen-bond donors (Lipinski definition) is 6. The average molecular weight is 503 g/mol. The zero-order valence-electron chi connectivity index (χ0n) is 16.0. The Balaban J connectivity index is 0.000000130. The molecule has 6 aromatic rings. The van der Waals surface area contributed by atoms with Crippen LogP contribution in [-0.4, -0.2) is 59.8 Å². The molecule has 13 heteroatoms. The molecule has 158 valence electrons. The van der Waals surface area contributed by atoms with Gasteiger partial charge in [0.2, 0.25) is 0 Å². The van der Waals surface area contributed by atoms with Gasteiger partial charge in [-0.15, -0.1) is 0 Å². The van der Waals surface area contributed by atoms with Crippen molar-refractivity contribution in [2.75, 3.05) is 0 Å². The zero-order chi connectivity index (χ0) is 20.4. The minimum atomic E-state index is 0. The largest absolute Gasteiger partial charge is 0.342 e. The Labute approximate surface area is 188 Å². The maximum Gasteiger partial charge on any atom is 0.173 e.